The molecule has 5 nitrogen and oxygen atoms in total. The van der Waals surface area contributed by atoms with Crippen LogP contribution in [0, 0.1) is 0 Å². The predicted octanol–water partition coefficient (Wildman–Crippen LogP) is 2.81. The third-order valence-corrected chi connectivity index (χ3v) is 2.80. The molecule has 20 heavy (non-hydrogen) atoms. The first-order chi connectivity index (χ1) is 9.72. The molecule has 0 spiro atoms. The van der Waals surface area contributed by atoms with Crippen molar-refractivity contribution < 1.29 is 14.3 Å². The third kappa shape index (κ3) is 3.54. The van der Waals surface area contributed by atoms with Crippen LogP contribution in [0.1, 0.15) is 23.1 Å². The molecule has 0 bridgehead atoms. The number of aromatic amines is 1. The van der Waals surface area contributed by atoms with Gasteiger partial charge >= 0.3 is 5.97 Å². The van der Waals surface area contributed by atoms with Crippen molar-refractivity contribution in [2.24, 2.45) is 0 Å². The molecule has 1 heterocycles. The topological polar surface area (TPSA) is 63.4 Å². The number of ether oxygens (including phenoxy) is 2. The van der Waals surface area contributed by atoms with Gasteiger partial charge < -0.3 is 19.8 Å². The molecule has 0 saturated heterocycles. The number of carbonyl (C=O) groups excluding carboxylic acids is 1. The van der Waals surface area contributed by atoms with E-state index in [0.29, 0.717) is 18.8 Å². The Morgan fingerprint density at radius 3 is 2.60 bits per heavy atom. The number of rotatable bonds is 6. The van der Waals surface area contributed by atoms with E-state index in [2.05, 4.69) is 15.0 Å². The van der Waals surface area contributed by atoms with Crippen LogP contribution >= 0.6 is 0 Å². The van der Waals surface area contributed by atoms with Crippen LogP contribution in [0.3, 0.4) is 0 Å². The summed E-state index contributed by atoms with van der Waals surface area (Å²) >= 11 is 0. The summed E-state index contributed by atoms with van der Waals surface area (Å²) in [5, 5.41) is 3.26. The molecule has 0 aliphatic rings. The lowest BCUT2D eigenvalue weighted by Crippen LogP contribution is -2.03. The Hall–Kier alpha value is -2.43. The maximum absolute atomic E-state index is 11.3. The summed E-state index contributed by atoms with van der Waals surface area (Å²) in [6.07, 6.45) is 0. The van der Waals surface area contributed by atoms with Gasteiger partial charge in [-0.05, 0) is 43.3 Å². The number of carbonyl (C=O) groups is 1. The van der Waals surface area contributed by atoms with Gasteiger partial charge in [0.05, 0.1) is 20.3 Å². The SMILES string of the molecule is CCOc1ccc(NCc2ccc(C(=O)OC)[nH]2)cc1. The van der Waals surface area contributed by atoms with E-state index in [-0.39, 0.29) is 5.97 Å². The summed E-state index contributed by atoms with van der Waals surface area (Å²) in [5.74, 6) is 0.489. The van der Waals surface area contributed by atoms with E-state index in [1.54, 1.807) is 6.07 Å². The first kappa shape index (κ1) is 14.0. The standard InChI is InChI=1S/C15H18N2O3/c1-3-20-13-7-4-11(5-8-13)16-10-12-6-9-14(17-12)15(18)19-2/h4-9,16-17H,3,10H2,1-2H3. The quantitative estimate of drug-likeness (QED) is 0.795. The van der Waals surface area contributed by atoms with Gasteiger partial charge in [-0.1, -0.05) is 0 Å². The number of aromatic nitrogens is 1. The summed E-state index contributed by atoms with van der Waals surface area (Å²) in [6, 6.07) is 11.3. The Bertz CT molecular complexity index is 561. The minimum atomic E-state index is -0.364. The molecule has 1 aromatic carbocycles. The van der Waals surface area contributed by atoms with Crippen LogP contribution in [-0.2, 0) is 11.3 Å². The lowest BCUT2D eigenvalue weighted by molar-refractivity contribution is 0.0594. The number of anilines is 1. The number of nitrogens with one attached hydrogen (secondary N) is 2. The van der Waals surface area contributed by atoms with Gasteiger partial charge in [0.25, 0.3) is 0 Å². The molecule has 0 saturated carbocycles. The fourth-order valence-electron chi connectivity index (χ4n) is 1.81. The van der Waals surface area contributed by atoms with Crippen molar-refractivity contribution in [1.82, 2.24) is 4.98 Å². The average molecular weight is 274 g/mol. The number of hydrogen-bond acceptors (Lipinski definition) is 4. The van der Waals surface area contributed by atoms with Crippen LogP contribution in [0.4, 0.5) is 5.69 Å². The minimum absolute atomic E-state index is 0.364. The second-order valence-electron chi connectivity index (χ2n) is 4.20. The zero-order chi connectivity index (χ0) is 14.4. The summed E-state index contributed by atoms with van der Waals surface area (Å²) in [4.78, 5) is 14.3. The first-order valence-electron chi connectivity index (χ1n) is 6.46. The second kappa shape index (κ2) is 6.65. The fourth-order valence-corrected chi connectivity index (χ4v) is 1.81. The number of esters is 1. The smallest absolute Gasteiger partial charge is 0.354 e. The molecule has 0 radical (unpaired) electrons. The number of benzene rings is 1. The molecule has 0 amide bonds. The molecule has 0 fully saturated rings. The van der Waals surface area contributed by atoms with Gasteiger partial charge in [0, 0.05) is 11.4 Å². The zero-order valence-corrected chi connectivity index (χ0v) is 11.6. The highest BCUT2D eigenvalue weighted by Gasteiger charge is 2.07. The molecule has 106 valence electrons. The molecule has 1 aromatic heterocycles. The molecule has 0 unspecified atom stereocenters. The van der Waals surface area contributed by atoms with Gasteiger partial charge in [-0.3, -0.25) is 0 Å². The van der Waals surface area contributed by atoms with Crippen molar-refractivity contribution in [3.05, 3.63) is 47.8 Å². The molecule has 0 aliphatic carbocycles. The van der Waals surface area contributed by atoms with E-state index < -0.39 is 0 Å². The van der Waals surface area contributed by atoms with Crippen molar-refractivity contribution in [2.75, 3.05) is 19.0 Å². The van der Waals surface area contributed by atoms with Crippen molar-refractivity contribution in [3.63, 3.8) is 0 Å². The highest BCUT2D eigenvalue weighted by atomic mass is 16.5. The Morgan fingerprint density at radius 1 is 1.20 bits per heavy atom. The van der Waals surface area contributed by atoms with Gasteiger partial charge in [-0.2, -0.15) is 0 Å². The maximum atomic E-state index is 11.3. The summed E-state index contributed by atoms with van der Waals surface area (Å²) in [6.45, 7) is 3.22. The largest absolute Gasteiger partial charge is 0.494 e. The molecular weight excluding hydrogens is 256 g/mol. The summed E-state index contributed by atoms with van der Waals surface area (Å²) in [5.41, 5.74) is 2.36. The molecule has 0 atom stereocenters. The van der Waals surface area contributed by atoms with Gasteiger partial charge in [0.2, 0.25) is 0 Å². The Labute approximate surface area is 117 Å². The Kier molecular flexibility index (Phi) is 4.65. The molecule has 2 N–H and O–H groups in total. The summed E-state index contributed by atoms with van der Waals surface area (Å²) in [7, 11) is 1.36. The van der Waals surface area contributed by atoms with E-state index in [1.807, 2.05) is 37.3 Å². The number of methoxy groups -OCH3 is 1. The van der Waals surface area contributed by atoms with Crippen LogP contribution in [0.15, 0.2) is 36.4 Å². The summed E-state index contributed by atoms with van der Waals surface area (Å²) < 4.78 is 10.0. The normalized spacial score (nSPS) is 10.1. The van der Waals surface area contributed by atoms with E-state index in [9.17, 15) is 4.79 Å². The highest BCUT2D eigenvalue weighted by Crippen LogP contribution is 2.16. The first-order valence-corrected chi connectivity index (χ1v) is 6.46. The van der Waals surface area contributed by atoms with E-state index >= 15 is 0 Å². The fraction of sp³-hybridized carbons (Fsp3) is 0.267. The monoisotopic (exact) mass is 274 g/mol. The third-order valence-electron chi connectivity index (χ3n) is 2.80. The van der Waals surface area contributed by atoms with Crippen molar-refractivity contribution in [2.45, 2.75) is 13.5 Å². The highest BCUT2D eigenvalue weighted by molar-refractivity contribution is 5.87. The van der Waals surface area contributed by atoms with E-state index in [1.165, 1.54) is 7.11 Å². The molecule has 2 rings (SSSR count). The van der Waals surface area contributed by atoms with Gasteiger partial charge in [-0.25, -0.2) is 4.79 Å². The number of hydrogen-bond donors (Lipinski definition) is 2. The van der Waals surface area contributed by atoms with Gasteiger partial charge in [0.1, 0.15) is 11.4 Å². The van der Waals surface area contributed by atoms with Crippen LogP contribution in [0.25, 0.3) is 0 Å². The maximum Gasteiger partial charge on any atom is 0.354 e. The van der Waals surface area contributed by atoms with Crippen LogP contribution in [0.2, 0.25) is 0 Å². The average Bonchev–Trinajstić information content (AvgIpc) is 2.95. The van der Waals surface area contributed by atoms with Gasteiger partial charge in [0.15, 0.2) is 0 Å². The predicted molar refractivity (Wildman–Crippen MR) is 77.1 cm³/mol. The lowest BCUT2D eigenvalue weighted by atomic mass is 10.3. The molecule has 2 aromatic rings. The molecule has 5 heteroatoms. The lowest BCUT2D eigenvalue weighted by Gasteiger charge is -2.07. The van der Waals surface area contributed by atoms with E-state index in [4.69, 9.17) is 4.74 Å². The second-order valence-corrected chi connectivity index (χ2v) is 4.20. The van der Waals surface area contributed by atoms with Crippen molar-refractivity contribution >= 4 is 11.7 Å². The zero-order valence-electron chi connectivity index (χ0n) is 11.6. The number of H-pyrrole nitrogens is 1. The Morgan fingerprint density at radius 2 is 1.95 bits per heavy atom. The van der Waals surface area contributed by atoms with Crippen LogP contribution < -0.4 is 10.1 Å². The van der Waals surface area contributed by atoms with Gasteiger partial charge in [-0.15, -0.1) is 0 Å². The van der Waals surface area contributed by atoms with Crippen LogP contribution in [-0.4, -0.2) is 24.7 Å². The van der Waals surface area contributed by atoms with Crippen LogP contribution in [0.5, 0.6) is 5.75 Å². The molecule has 0 aliphatic heterocycles. The van der Waals surface area contributed by atoms with Crippen molar-refractivity contribution in [1.29, 1.82) is 0 Å². The Balaban J connectivity index is 1.91. The van der Waals surface area contributed by atoms with E-state index in [0.717, 1.165) is 17.1 Å². The van der Waals surface area contributed by atoms with Crippen molar-refractivity contribution in [3.8, 4) is 5.75 Å². The minimum Gasteiger partial charge on any atom is -0.494 e. The molecular formula is C15H18N2O3.